The number of rotatable bonds is 4. The van der Waals surface area contributed by atoms with E-state index in [9.17, 15) is 9.90 Å². The molecule has 0 bridgehead atoms. The normalized spacial score (nSPS) is 11.5. The summed E-state index contributed by atoms with van der Waals surface area (Å²) in [5, 5.41) is 10.3. The van der Waals surface area contributed by atoms with E-state index in [1.54, 1.807) is 19.1 Å². The van der Waals surface area contributed by atoms with Gasteiger partial charge in [-0.1, -0.05) is 23.7 Å². The molecule has 1 N–H and O–H groups in total. The molecule has 0 fully saturated rings. The van der Waals surface area contributed by atoms with E-state index in [-0.39, 0.29) is 6.61 Å². The van der Waals surface area contributed by atoms with Crippen LogP contribution in [0.1, 0.15) is 18.6 Å². The van der Waals surface area contributed by atoms with Gasteiger partial charge in [-0.05, 0) is 24.6 Å². The van der Waals surface area contributed by atoms with Crippen molar-refractivity contribution in [2.45, 2.75) is 13.0 Å². The summed E-state index contributed by atoms with van der Waals surface area (Å²) in [4.78, 5) is 14.1. The average molecular weight is 255 g/mol. The molecule has 0 saturated heterocycles. The maximum absolute atomic E-state index is 11.4. The molecular formula is C11H11ClN2O3. The van der Waals surface area contributed by atoms with Crippen molar-refractivity contribution in [3.05, 3.63) is 40.4 Å². The summed E-state index contributed by atoms with van der Waals surface area (Å²) in [6.07, 6.45) is -1.35. The van der Waals surface area contributed by atoms with Crippen LogP contribution >= 0.6 is 11.6 Å². The zero-order valence-electron chi connectivity index (χ0n) is 9.13. The van der Waals surface area contributed by atoms with Crippen molar-refractivity contribution in [3.8, 4) is 0 Å². The lowest BCUT2D eigenvalue weighted by molar-refractivity contribution is -0.141. The number of hydrogen-bond acceptors (Lipinski definition) is 3. The molecule has 6 heteroatoms. The van der Waals surface area contributed by atoms with Gasteiger partial charge in [0.05, 0.1) is 6.61 Å². The summed E-state index contributed by atoms with van der Waals surface area (Å²) in [6, 6.07) is 6.16. The fraction of sp³-hybridized carbons (Fsp3) is 0.273. The molecule has 1 aromatic carbocycles. The Kier molecular flexibility index (Phi) is 4.84. The van der Waals surface area contributed by atoms with Crippen LogP contribution in [0.25, 0.3) is 5.53 Å². The van der Waals surface area contributed by atoms with Gasteiger partial charge in [-0.3, -0.25) is 0 Å². The van der Waals surface area contributed by atoms with Gasteiger partial charge in [-0.25, -0.2) is 4.79 Å². The third kappa shape index (κ3) is 3.39. The fourth-order valence-corrected chi connectivity index (χ4v) is 1.34. The molecule has 0 radical (unpaired) electrons. The van der Waals surface area contributed by atoms with E-state index in [4.69, 9.17) is 17.1 Å². The van der Waals surface area contributed by atoms with Gasteiger partial charge in [0.2, 0.25) is 0 Å². The zero-order valence-corrected chi connectivity index (χ0v) is 9.89. The van der Waals surface area contributed by atoms with Crippen LogP contribution in [0, 0.1) is 0 Å². The van der Waals surface area contributed by atoms with E-state index in [2.05, 4.69) is 9.53 Å². The van der Waals surface area contributed by atoms with Crippen molar-refractivity contribution in [1.82, 2.24) is 0 Å². The molecule has 1 rings (SSSR count). The molecule has 0 amide bonds. The molecule has 1 aromatic rings. The predicted octanol–water partition coefficient (Wildman–Crippen LogP) is 1.61. The summed E-state index contributed by atoms with van der Waals surface area (Å²) >= 11 is 5.69. The van der Waals surface area contributed by atoms with Gasteiger partial charge in [0, 0.05) is 5.02 Å². The molecule has 0 saturated carbocycles. The van der Waals surface area contributed by atoms with Crippen LogP contribution in [0.4, 0.5) is 0 Å². The smallest absolute Gasteiger partial charge is 0.420 e. The molecule has 5 nitrogen and oxygen atoms in total. The summed E-state index contributed by atoms with van der Waals surface area (Å²) in [5.41, 5.74) is 8.63. The van der Waals surface area contributed by atoms with Crippen LogP contribution in [0.2, 0.25) is 5.02 Å². The van der Waals surface area contributed by atoms with Crippen molar-refractivity contribution < 1.29 is 19.4 Å². The lowest BCUT2D eigenvalue weighted by atomic mass is 10.1. The van der Waals surface area contributed by atoms with E-state index in [1.807, 2.05) is 0 Å². The molecule has 1 atom stereocenters. The summed E-state index contributed by atoms with van der Waals surface area (Å²) in [6.45, 7) is 1.74. The molecule has 0 heterocycles. The summed E-state index contributed by atoms with van der Waals surface area (Å²) in [7, 11) is 0. The molecule has 17 heavy (non-hydrogen) atoms. The van der Waals surface area contributed by atoms with Gasteiger partial charge < -0.3 is 15.4 Å². The second kappa shape index (κ2) is 6.15. The van der Waals surface area contributed by atoms with Gasteiger partial charge in [-0.15, -0.1) is 0 Å². The maximum Gasteiger partial charge on any atom is 0.420 e. The average Bonchev–Trinajstić information content (AvgIpc) is 2.31. The summed E-state index contributed by atoms with van der Waals surface area (Å²) < 4.78 is 4.65. The Bertz CT molecular complexity index is 452. The van der Waals surface area contributed by atoms with Gasteiger partial charge in [-0.2, -0.15) is 4.79 Å². The van der Waals surface area contributed by atoms with E-state index < -0.39 is 17.8 Å². The van der Waals surface area contributed by atoms with Crippen LogP contribution in [0.3, 0.4) is 0 Å². The van der Waals surface area contributed by atoms with E-state index >= 15 is 0 Å². The van der Waals surface area contributed by atoms with Gasteiger partial charge >= 0.3 is 11.7 Å². The van der Waals surface area contributed by atoms with E-state index in [0.29, 0.717) is 10.6 Å². The molecule has 0 aliphatic heterocycles. The number of esters is 1. The highest BCUT2D eigenvalue weighted by molar-refractivity contribution is 6.35. The van der Waals surface area contributed by atoms with Gasteiger partial charge in [0.25, 0.3) is 0 Å². The number of nitrogens with zero attached hydrogens (tertiary/aromatic N) is 2. The number of carbonyl (C=O) groups excluding carboxylic acids is 1. The molecular weight excluding hydrogens is 244 g/mol. The Morgan fingerprint density at radius 2 is 2.12 bits per heavy atom. The van der Waals surface area contributed by atoms with Crippen LogP contribution in [-0.4, -0.2) is 28.2 Å². The largest absolute Gasteiger partial charge is 0.457 e. The standard InChI is InChI=1S/C11H11ClN2O3/c1-2-17-11(16)9(14-13)10(15)7-3-5-8(12)6-4-7/h3-6,10,15H,2H2,1H3/t10-/m0/s1. The van der Waals surface area contributed by atoms with Crippen molar-refractivity contribution in [2.75, 3.05) is 6.61 Å². The molecule has 0 aliphatic carbocycles. The van der Waals surface area contributed by atoms with Gasteiger partial charge in [0.1, 0.15) is 0 Å². The lowest BCUT2D eigenvalue weighted by Gasteiger charge is -2.06. The highest BCUT2D eigenvalue weighted by atomic mass is 35.5. The maximum atomic E-state index is 11.4. The quantitative estimate of drug-likeness (QED) is 0.383. The minimum absolute atomic E-state index is 0.130. The zero-order chi connectivity index (χ0) is 12.8. The molecule has 0 aliphatic rings. The number of ether oxygens (including phenoxy) is 1. The van der Waals surface area contributed by atoms with Crippen LogP contribution in [0.5, 0.6) is 0 Å². The molecule has 90 valence electrons. The van der Waals surface area contributed by atoms with Crippen molar-refractivity contribution in [2.24, 2.45) is 0 Å². The number of hydrogen-bond donors (Lipinski definition) is 1. The first-order valence-corrected chi connectivity index (χ1v) is 5.30. The second-order valence-electron chi connectivity index (χ2n) is 3.16. The first-order valence-electron chi connectivity index (χ1n) is 4.92. The fourth-order valence-electron chi connectivity index (χ4n) is 1.22. The predicted molar refractivity (Wildman–Crippen MR) is 61.7 cm³/mol. The number of carbonyl (C=O) groups is 1. The molecule has 0 unspecified atom stereocenters. The first-order chi connectivity index (χ1) is 8.10. The topological polar surface area (TPSA) is 82.9 Å². The number of aliphatic hydroxyl groups is 1. The second-order valence-corrected chi connectivity index (χ2v) is 3.60. The Labute approximate surface area is 103 Å². The van der Waals surface area contributed by atoms with Crippen molar-refractivity contribution in [3.63, 3.8) is 0 Å². The van der Waals surface area contributed by atoms with E-state index in [0.717, 1.165) is 0 Å². The first kappa shape index (κ1) is 13.4. The Hall–Kier alpha value is -1.68. The Balaban J connectivity index is 2.94. The van der Waals surface area contributed by atoms with Crippen LogP contribution in [-0.2, 0) is 9.53 Å². The minimum Gasteiger partial charge on any atom is -0.457 e. The third-order valence-corrected chi connectivity index (χ3v) is 2.29. The summed E-state index contributed by atoms with van der Waals surface area (Å²) in [5.74, 6) is -0.863. The van der Waals surface area contributed by atoms with E-state index in [1.165, 1.54) is 12.1 Å². The highest BCUT2D eigenvalue weighted by Crippen LogP contribution is 2.17. The van der Waals surface area contributed by atoms with Crippen LogP contribution in [0.15, 0.2) is 24.3 Å². The van der Waals surface area contributed by atoms with Gasteiger partial charge in [0.15, 0.2) is 6.10 Å². The molecule has 0 spiro atoms. The highest BCUT2D eigenvalue weighted by Gasteiger charge is 2.32. The van der Waals surface area contributed by atoms with Crippen molar-refractivity contribution in [1.29, 1.82) is 0 Å². The number of benzene rings is 1. The monoisotopic (exact) mass is 254 g/mol. The Morgan fingerprint density at radius 3 is 2.59 bits per heavy atom. The minimum atomic E-state index is -1.35. The molecule has 0 aromatic heterocycles. The number of halogens is 1. The van der Waals surface area contributed by atoms with Crippen LogP contribution < -0.4 is 0 Å². The van der Waals surface area contributed by atoms with Crippen molar-refractivity contribution >= 4 is 23.3 Å². The Morgan fingerprint density at radius 1 is 1.53 bits per heavy atom. The number of aliphatic hydroxyl groups excluding tert-OH is 1. The third-order valence-electron chi connectivity index (χ3n) is 2.04. The lowest BCUT2D eigenvalue weighted by Crippen LogP contribution is -2.25. The SMILES string of the molecule is CCOC(=O)C(=[N+]=[N-])[C@@H](O)c1ccc(Cl)cc1.